The van der Waals surface area contributed by atoms with Gasteiger partial charge in [-0.1, -0.05) is 70.2 Å². The van der Waals surface area contributed by atoms with Crippen LogP contribution in [-0.2, 0) is 0 Å². The van der Waals surface area contributed by atoms with Crippen LogP contribution in [0.4, 0.5) is 0 Å². The van der Waals surface area contributed by atoms with Gasteiger partial charge in [-0.2, -0.15) is 0 Å². The van der Waals surface area contributed by atoms with Crippen LogP contribution in [0.2, 0.25) is 0 Å². The maximum absolute atomic E-state index is 4.36. The van der Waals surface area contributed by atoms with E-state index >= 15 is 0 Å². The lowest BCUT2D eigenvalue weighted by atomic mass is 9.84. The molecule has 1 aromatic carbocycles. The highest BCUT2D eigenvalue weighted by Crippen LogP contribution is 2.32. The molecule has 2 rings (SSSR count). The minimum atomic E-state index is 0.286. The van der Waals surface area contributed by atoms with Crippen molar-refractivity contribution in [3.8, 4) is 11.3 Å². The van der Waals surface area contributed by atoms with Crippen molar-refractivity contribution in [1.82, 2.24) is 15.0 Å². The fourth-order valence-electron chi connectivity index (χ4n) is 2.44. The molecule has 1 heterocycles. The Morgan fingerprint density at radius 1 is 1.10 bits per heavy atom. The van der Waals surface area contributed by atoms with Crippen LogP contribution in [0.15, 0.2) is 36.5 Å². The first-order valence-electron chi connectivity index (χ1n) is 7.34. The molecule has 2 aromatic rings. The third-order valence-corrected chi connectivity index (χ3v) is 3.51. The van der Waals surface area contributed by atoms with Crippen molar-refractivity contribution in [2.75, 3.05) is 0 Å². The van der Waals surface area contributed by atoms with E-state index in [1.807, 2.05) is 22.9 Å². The van der Waals surface area contributed by atoms with Gasteiger partial charge in [-0.3, -0.25) is 0 Å². The molecule has 0 N–H and O–H groups in total. The molecule has 0 aliphatic rings. The van der Waals surface area contributed by atoms with Crippen LogP contribution in [0, 0.1) is 11.3 Å². The SMILES string of the molecule is CC(C)C(CC(C)(C)C)n1cc(-c2ccccc2)nn1. The van der Waals surface area contributed by atoms with Gasteiger partial charge < -0.3 is 0 Å². The summed E-state index contributed by atoms with van der Waals surface area (Å²) in [4.78, 5) is 0. The quantitative estimate of drug-likeness (QED) is 0.815. The van der Waals surface area contributed by atoms with Gasteiger partial charge in [-0.05, 0) is 17.8 Å². The van der Waals surface area contributed by atoms with E-state index in [9.17, 15) is 0 Å². The van der Waals surface area contributed by atoms with Crippen LogP contribution in [0.1, 0.15) is 47.1 Å². The summed E-state index contributed by atoms with van der Waals surface area (Å²) in [7, 11) is 0. The summed E-state index contributed by atoms with van der Waals surface area (Å²) in [6.45, 7) is 11.3. The van der Waals surface area contributed by atoms with Crippen molar-refractivity contribution >= 4 is 0 Å². The lowest BCUT2D eigenvalue weighted by Gasteiger charge is -2.28. The molecule has 0 aliphatic carbocycles. The van der Waals surface area contributed by atoms with E-state index in [1.165, 1.54) is 0 Å². The molecule has 0 radical (unpaired) electrons. The van der Waals surface area contributed by atoms with Gasteiger partial charge in [-0.25, -0.2) is 4.68 Å². The van der Waals surface area contributed by atoms with Crippen molar-refractivity contribution in [2.24, 2.45) is 11.3 Å². The Balaban J connectivity index is 2.26. The highest BCUT2D eigenvalue weighted by Gasteiger charge is 2.24. The third-order valence-electron chi connectivity index (χ3n) is 3.51. The molecule has 0 aliphatic heterocycles. The Morgan fingerprint density at radius 2 is 1.75 bits per heavy atom. The van der Waals surface area contributed by atoms with Gasteiger partial charge in [0.1, 0.15) is 5.69 Å². The fourth-order valence-corrected chi connectivity index (χ4v) is 2.44. The zero-order valence-corrected chi connectivity index (χ0v) is 13.2. The van der Waals surface area contributed by atoms with E-state index in [-0.39, 0.29) is 5.41 Å². The predicted molar refractivity (Wildman–Crippen MR) is 83.4 cm³/mol. The Kier molecular flexibility index (Phi) is 4.26. The van der Waals surface area contributed by atoms with E-state index in [4.69, 9.17) is 0 Å². The highest BCUT2D eigenvalue weighted by atomic mass is 15.4. The maximum Gasteiger partial charge on any atom is 0.113 e. The van der Waals surface area contributed by atoms with Gasteiger partial charge in [-0.15, -0.1) is 5.10 Å². The summed E-state index contributed by atoms with van der Waals surface area (Å²) in [6.07, 6.45) is 3.17. The number of rotatable bonds is 4. The summed E-state index contributed by atoms with van der Waals surface area (Å²) in [5, 5.41) is 8.70. The molecule has 1 unspecified atom stereocenters. The first kappa shape index (κ1) is 14.8. The predicted octanol–water partition coefficient (Wildman–Crippen LogP) is 4.58. The van der Waals surface area contributed by atoms with Crippen LogP contribution in [0.3, 0.4) is 0 Å². The molecule has 0 saturated carbocycles. The zero-order chi connectivity index (χ0) is 14.8. The molecule has 1 atom stereocenters. The van der Waals surface area contributed by atoms with Crippen LogP contribution >= 0.6 is 0 Å². The zero-order valence-electron chi connectivity index (χ0n) is 13.2. The summed E-state index contributed by atoms with van der Waals surface area (Å²) in [6, 6.07) is 10.6. The Bertz CT molecular complexity index is 535. The van der Waals surface area contributed by atoms with E-state index in [2.05, 4.69) is 63.3 Å². The number of aromatic nitrogens is 3. The number of hydrogen-bond donors (Lipinski definition) is 0. The third kappa shape index (κ3) is 3.69. The smallest absolute Gasteiger partial charge is 0.113 e. The Hall–Kier alpha value is -1.64. The first-order chi connectivity index (χ1) is 9.37. The molecule has 108 valence electrons. The second-order valence-electron chi connectivity index (χ2n) is 7.03. The molecule has 0 saturated heterocycles. The second-order valence-corrected chi connectivity index (χ2v) is 7.03. The van der Waals surface area contributed by atoms with Crippen molar-refractivity contribution in [3.05, 3.63) is 36.5 Å². The van der Waals surface area contributed by atoms with Gasteiger partial charge in [0, 0.05) is 5.56 Å². The summed E-state index contributed by atoms with van der Waals surface area (Å²) < 4.78 is 2.04. The summed E-state index contributed by atoms with van der Waals surface area (Å²) >= 11 is 0. The van der Waals surface area contributed by atoms with E-state index in [0.717, 1.165) is 17.7 Å². The van der Waals surface area contributed by atoms with Crippen molar-refractivity contribution in [2.45, 2.75) is 47.1 Å². The minimum Gasteiger partial charge on any atom is -0.249 e. The average molecular weight is 271 g/mol. The molecule has 20 heavy (non-hydrogen) atoms. The number of nitrogens with zero attached hydrogens (tertiary/aromatic N) is 3. The number of benzene rings is 1. The minimum absolute atomic E-state index is 0.286. The molecule has 0 spiro atoms. The van der Waals surface area contributed by atoms with Crippen molar-refractivity contribution in [3.63, 3.8) is 0 Å². The Morgan fingerprint density at radius 3 is 2.30 bits per heavy atom. The summed E-state index contributed by atoms with van der Waals surface area (Å²) in [5.41, 5.74) is 2.36. The van der Waals surface area contributed by atoms with E-state index in [0.29, 0.717) is 12.0 Å². The largest absolute Gasteiger partial charge is 0.249 e. The van der Waals surface area contributed by atoms with Crippen LogP contribution in [-0.4, -0.2) is 15.0 Å². The van der Waals surface area contributed by atoms with Gasteiger partial charge in [0.25, 0.3) is 0 Å². The van der Waals surface area contributed by atoms with Crippen LogP contribution < -0.4 is 0 Å². The molecule has 3 nitrogen and oxygen atoms in total. The summed E-state index contributed by atoms with van der Waals surface area (Å²) in [5.74, 6) is 0.541. The standard InChI is InChI=1S/C17H25N3/c1-13(2)16(11-17(3,4)5)20-12-15(18-19-20)14-9-7-6-8-10-14/h6-10,12-13,16H,11H2,1-5H3. The van der Waals surface area contributed by atoms with Crippen LogP contribution in [0.5, 0.6) is 0 Å². The maximum atomic E-state index is 4.36. The van der Waals surface area contributed by atoms with Gasteiger partial charge in [0.2, 0.25) is 0 Å². The molecule has 0 amide bonds. The molecule has 1 aromatic heterocycles. The molecular formula is C17H25N3. The van der Waals surface area contributed by atoms with E-state index < -0.39 is 0 Å². The monoisotopic (exact) mass is 271 g/mol. The van der Waals surface area contributed by atoms with Gasteiger partial charge in [0.05, 0.1) is 12.2 Å². The molecule has 0 fully saturated rings. The lowest BCUT2D eigenvalue weighted by molar-refractivity contribution is 0.227. The average Bonchev–Trinajstić information content (AvgIpc) is 2.85. The normalized spacial score (nSPS) is 13.7. The lowest BCUT2D eigenvalue weighted by Crippen LogP contribution is -2.22. The fraction of sp³-hybridized carbons (Fsp3) is 0.529. The Labute approximate surface area is 122 Å². The van der Waals surface area contributed by atoms with Crippen LogP contribution in [0.25, 0.3) is 11.3 Å². The highest BCUT2D eigenvalue weighted by molar-refractivity contribution is 5.57. The van der Waals surface area contributed by atoms with Crippen molar-refractivity contribution < 1.29 is 0 Å². The van der Waals surface area contributed by atoms with E-state index in [1.54, 1.807) is 0 Å². The van der Waals surface area contributed by atoms with Gasteiger partial charge >= 0.3 is 0 Å². The second kappa shape index (κ2) is 5.78. The first-order valence-corrected chi connectivity index (χ1v) is 7.34. The van der Waals surface area contributed by atoms with Gasteiger partial charge in [0.15, 0.2) is 0 Å². The molecule has 3 heteroatoms. The topological polar surface area (TPSA) is 30.7 Å². The molecular weight excluding hydrogens is 246 g/mol. The molecule has 0 bridgehead atoms. The number of hydrogen-bond acceptors (Lipinski definition) is 2. The van der Waals surface area contributed by atoms with Crippen molar-refractivity contribution in [1.29, 1.82) is 0 Å².